The fraction of sp³-hybridized carbons (Fsp3) is 0.357. The number of carboxylic acids is 1. The summed E-state index contributed by atoms with van der Waals surface area (Å²) in [5.74, 6) is -0.695. The molecule has 22 heavy (non-hydrogen) atoms. The molecule has 0 saturated heterocycles. The SMILES string of the molecule is O=C(O)CSCCNC(=O)CCNC(=O)c1ccc(Br)cc1. The maximum absolute atomic E-state index is 11.8. The number of carbonyl (C=O) groups is 3. The third-order valence-corrected chi connectivity index (χ3v) is 4.01. The van der Waals surface area contributed by atoms with Crippen LogP contribution in [0.5, 0.6) is 0 Å². The van der Waals surface area contributed by atoms with E-state index in [1.807, 2.05) is 0 Å². The number of hydrogen-bond donors (Lipinski definition) is 3. The smallest absolute Gasteiger partial charge is 0.313 e. The first-order valence-electron chi connectivity index (χ1n) is 6.59. The minimum Gasteiger partial charge on any atom is -0.481 e. The van der Waals surface area contributed by atoms with Gasteiger partial charge in [0.2, 0.25) is 5.91 Å². The van der Waals surface area contributed by atoms with Crippen molar-refractivity contribution in [3.8, 4) is 0 Å². The summed E-state index contributed by atoms with van der Waals surface area (Å²) in [5, 5.41) is 13.8. The lowest BCUT2D eigenvalue weighted by molar-refractivity contribution is -0.133. The predicted molar refractivity (Wildman–Crippen MR) is 89.1 cm³/mol. The molecule has 2 amide bonds. The second kappa shape index (κ2) is 10.2. The second-order valence-corrected chi connectivity index (χ2v) is 6.33. The summed E-state index contributed by atoms with van der Waals surface area (Å²) in [6.07, 6.45) is 0.186. The number of aliphatic carboxylic acids is 1. The van der Waals surface area contributed by atoms with Crippen molar-refractivity contribution >= 4 is 45.5 Å². The monoisotopic (exact) mass is 388 g/mol. The third kappa shape index (κ3) is 8.04. The van der Waals surface area contributed by atoms with Crippen molar-refractivity contribution in [1.29, 1.82) is 0 Å². The average Bonchev–Trinajstić information content (AvgIpc) is 2.47. The predicted octanol–water partition coefficient (Wildman–Crippen LogP) is 1.50. The van der Waals surface area contributed by atoms with Gasteiger partial charge in [-0.05, 0) is 24.3 Å². The van der Waals surface area contributed by atoms with E-state index in [-0.39, 0.29) is 30.5 Å². The van der Waals surface area contributed by atoms with Crippen molar-refractivity contribution in [2.24, 2.45) is 0 Å². The van der Waals surface area contributed by atoms with Crippen LogP contribution in [-0.4, -0.2) is 47.5 Å². The van der Waals surface area contributed by atoms with Crippen LogP contribution in [-0.2, 0) is 9.59 Å². The molecule has 0 aromatic heterocycles. The molecule has 0 saturated carbocycles. The second-order valence-electron chi connectivity index (χ2n) is 4.31. The fourth-order valence-electron chi connectivity index (χ4n) is 1.50. The van der Waals surface area contributed by atoms with Gasteiger partial charge < -0.3 is 15.7 Å². The highest BCUT2D eigenvalue weighted by Gasteiger charge is 2.06. The summed E-state index contributed by atoms with van der Waals surface area (Å²) in [6, 6.07) is 6.94. The zero-order chi connectivity index (χ0) is 16.4. The van der Waals surface area contributed by atoms with Crippen LogP contribution in [0, 0.1) is 0 Å². The first kappa shape index (κ1) is 18.5. The highest BCUT2D eigenvalue weighted by atomic mass is 79.9. The van der Waals surface area contributed by atoms with Gasteiger partial charge in [0.15, 0.2) is 0 Å². The molecule has 0 radical (unpaired) electrons. The van der Waals surface area contributed by atoms with E-state index in [1.165, 1.54) is 11.8 Å². The fourth-order valence-corrected chi connectivity index (χ4v) is 2.33. The molecule has 0 aliphatic carbocycles. The van der Waals surface area contributed by atoms with Crippen LogP contribution in [0.15, 0.2) is 28.7 Å². The van der Waals surface area contributed by atoms with Gasteiger partial charge >= 0.3 is 5.97 Å². The number of benzene rings is 1. The Hall–Kier alpha value is -1.54. The van der Waals surface area contributed by atoms with E-state index in [4.69, 9.17) is 5.11 Å². The third-order valence-electron chi connectivity index (χ3n) is 2.54. The molecule has 0 aliphatic rings. The molecule has 0 bridgehead atoms. The summed E-state index contributed by atoms with van der Waals surface area (Å²) >= 11 is 4.53. The lowest BCUT2D eigenvalue weighted by Crippen LogP contribution is -2.31. The molecule has 0 spiro atoms. The molecule has 1 rings (SSSR count). The van der Waals surface area contributed by atoms with Crippen molar-refractivity contribution in [2.45, 2.75) is 6.42 Å². The number of thioether (sulfide) groups is 1. The molecule has 0 aliphatic heterocycles. The molecule has 0 atom stereocenters. The Morgan fingerprint density at radius 1 is 1.09 bits per heavy atom. The zero-order valence-corrected chi connectivity index (χ0v) is 14.2. The van der Waals surface area contributed by atoms with Crippen LogP contribution in [0.25, 0.3) is 0 Å². The maximum atomic E-state index is 11.8. The van der Waals surface area contributed by atoms with Crippen LogP contribution in [0.4, 0.5) is 0 Å². The molecule has 120 valence electrons. The summed E-state index contributed by atoms with van der Waals surface area (Å²) in [6.45, 7) is 0.667. The van der Waals surface area contributed by atoms with Crippen LogP contribution in [0.2, 0.25) is 0 Å². The van der Waals surface area contributed by atoms with Gasteiger partial charge in [-0.25, -0.2) is 0 Å². The summed E-state index contributed by atoms with van der Waals surface area (Å²) in [4.78, 5) is 33.6. The van der Waals surface area contributed by atoms with Crippen molar-refractivity contribution in [3.05, 3.63) is 34.3 Å². The van der Waals surface area contributed by atoms with Crippen molar-refractivity contribution < 1.29 is 19.5 Å². The van der Waals surface area contributed by atoms with Gasteiger partial charge in [-0.15, -0.1) is 11.8 Å². The van der Waals surface area contributed by atoms with Crippen molar-refractivity contribution in [3.63, 3.8) is 0 Å². The lowest BCUT2D eigenvalue weighted by Gasteiger charge is -2.06. The standard InChI is InChI=1S/C14H17BrN2O4S/c15-11-3-1-10(2-4-11)14(21)17-6-5-12(18)16-7-8-22-9-13(19)20/h1-4H,5-9H2,(H,16,18)(H,17,21)(H,19,20). The highest BCUT2D eigenvalue weighted by Crippen LogP contribution is 2.10. The molecule has 1 aromatic carbocycles. The van der Waals surface area contributed by atoms with Crippen molar-refractivity contribution in [1.82, 2.24) is 10.6 Å². The first-order valence-corrected chi connectivity index (χ1v) is 8.54. The highest BCUT2D eigenvalue weighted by molar-refractivity contribution is 9.10. The number of rotatable bonds is 9. The lowest BCUT2D eigenvalue weighted by atomic mass is 10.2. The Kier molecular flexibility index (Phi) is 8.61. The van der Waals surface area contributed by atoms with Gasteiger partial charge in [0.1, 0.15) is 0 Å². The van der Waals surface area contributed by atoms with Gasteiger partial charge in [0.25, 0.3) is 5.91 Å². The van der Waals surface area contributed by atoms with Gasteiger partial charge in [-0.3, -0.25) is 14.4 Å². The molecule has 6 nitrogen and oxygen atoms in total. The van der Waals surface area contributed by atoms with E-state index in [2.05, 4.69) is 26.6 Å². The van der Waals surface area contributed by atoms with Crippen LogP contribution >= 0.6 is 27.7 Å². The van der Waals surface area contributed by atoms with Crippen LogP contribution in [0.1, 0.15) is 16.8 Å². The summed E-state index contributed by atoms with van der Waals surface area (Å²) < 4.78 is 0.893. The topological polar surface area (TPSA) is 95.5 Å². The summed E-state index contributed by atoms with van der Waals surface area (Å²) in [5.41, 5.74) is 0.536. The molecule has 3 N–H and O–H groups in total. The van der Waals surface area contributed by atoms with Crippen molar-refractivity contribution in [2.75, 3.05) is 24.6 Å². The number of halogens is 1. The van der Waals surface area contributed by atoms with Gasteiger partial charge in [-0.2, -0.15) is 0 Å². The molecule has 1 aromatic rings. The first-order chi connectivity index (χ1) is 10.5. The number of nitrogens with one attached hydrogen (secondary N) is 2. The Balaban J connectivity index is 2.13. The number of carboxylic acid groups (broad SMARTS) is 1. The summed E-state index contributed by atoms with van der Waals surface area (Å²) in [7, 11) is 0. The van der Waals surface area contributed by atoms with Crippen LogP contribution in [0.3, 0.4) is 0 Å². The number of hydrogen-bond acceptors (Lipinski definition) is 4. The van der Waals surface area contributed by atoms with E-state index in [9.17, 15) is 14.4 Å². The number of amides is 2. The van der Waals surface area contributed by atoms with E-state index in [0.717, 1.165) is 4.47 Å². The molecular weight excluding hydrogens is 372 g/mol. The van der Waals surface area contributed by atoms with E-state index < -0.39 is 5.97 Å². The molecule has 0 fully saturated rings. The number of carbonyl (C=O) groups excluding carboxylic acids is 2. The quantitative estimate of drug-likeness (QED) is 0.557. The van der Waals surface area contributed by atoms with E-state index >= 15 is 0 Å². The largest absolute Gasteiger partial charge is 0.481 e. The Bertz CT molecular complexity index is 522. The molecule has 0 heterocycles. The molecule has 8 heteroatoms. The van der Waals surface area contributed by atoms with Gasteiger partial charge in [0, 0.05) is 35.3 Å². The van der Waals surface area contributed by atoms with E-state index in [0.29, 0.717) is 17.9 Å². The minimum atomic E-state index is -0.869. The minimum absolute atomic E-state index is 0.0269. The Labute approximate surface area is 141 Å². The van der Waals surface area contributed by atoms with E-state index in [1.54, 1.807) is 24.3 Å². The Morgan fingerprint density at radius 3 is 2.41 bits per heavy atom. The van der Waals surface area contributed by atoms with Gasteiger partial charge in [-0.1, -0.05) is 15.9 Å². The maximum Gasteiger partial charge on any atom is 0.313 e. The average molecular weight is 389 g/mol. The normalized spacial score (nSPS) is 10.0. The van der Waals surface area contributed by atoms with Gasteiger partial charge in [0.05, 0.1) is 5.75 Å². The molecular formula is C14H17BrN2O4S. The Morgan fingerprint density at radius 2 is 1.77 bits per heavy atom. The van der Waals surface area contributed by atoms with Crippen LogP contribution < -0.4 is 10.6 Å². The zero-order valence-electron chi connectivity index (χ0n) is 11.8. The molecule has 0 unspecified atom stereocenters.